The summed E-state index contributed by atoms with van der Waals surface area (Å²) in [5.41, 5.74) is 0.385. The minimum absolute atomic E-state index is 0.0582. The van der Waals surface area contributed by atoms with Gasteiger partial charge in [-0.1, -0.05) is 0 Å². The van der Waals surface area contributed by atoms with Crippen molar-refractivity contribution in [3.63, 3.8) is 0 Å². The van der Waals surface area contributed by atoms with Gasteiger partial charge in [-0.25, -0.2) is 4.98 Å². The van der Waals surface area contributed by atoms with Crippen LogP contribution < -0.4 is 10.1 Å². The molecule has 0 aliphatic carbocycles. The molecule has 0 unspecified atom stereocenters. The molecular formula is C14H20N2O5. The number of hydrogen-bond donors (Lipinski definition) is 1. The van der Waals surface area contributed by atoms with Gasteiger partial charge in [0.1, 0.15) is 11.7 Å². The summed E-state index contributed by atoms with van der Waals surface area (Å²) >= 11 is 0. The Morgan fingerprint density at radius 2 is 2.33 bits per heavy atom. The van der Waals surface area contributed by atoms with Crippen LogP contribution in [0.2, 0.25) is 0 Å². The Morgan fingerprint density at radius 1 is 1.52 bits per heavy atom. The van der Waals surface area contributed by atoms with Gasteiger partial charge in [0, 0.05) is 26.8 Å². The predicted molar refractivity (Wildman–Crippen MR) is 74.2 cm³/mol. The van der Waals surface area contributed by atoms with Gasteiger partial charge < -0.3 is 24.3 Å². The van der Waals surface area contributed by atoms with Crippen LogP contribution in [0, 0.1) is 0 Å². The maximum Gasteiger partial charge on any atom is 0.256 e. The van der Waals surface area contributed by atoms with Crippen LogP contribution in [-0.4, -0.2) is 57.3 Å². The summed E-state index contributed by atoms with van der Waals surface area (Å²) in [6.07, 6.45) is 1.85. The monoisotopic (exact) mass is 296 g/mol. The number of hydrogen-bond acceptors (Lipinski definition) is 6. The minimum atomic E-state index is -0.488. The molecule has 0 spiro atoms. The van der Waals surface area contributed by atoms with E-state index in [1.54, 1.807) is 18.3 Å². The highest BCUT2D eigenvalue weighted by Crippen LogP contribution is 2.19. The molecule has 21 heavy (non-hydrogen) atoms. The minimum Gasteiger partial charge on any atom is -0.471 e. The third-order valence-corrected chi connectivity index (χ3v) is 3.14. The Bertz CT molecular complexity index is 458. The van der Waals surface area contributed by atoms with E-state index in [2.05, 4.69) is 10.3 Å². The SMILES string of the molecule is COC(CNC(=O)c1cccnc1O[C@H]1CCOC1)OC. The highest BCUT2D eigenvalue weighted by molar-refractivity contribution is 5.96. The molecule has 1 N–H and O–H groups in total. The third-order valence-electron chi connectivity index (χ3n) is 3.14. The van der Waals surface area contributed by atoms with E-state index < -0.39 is 6.29 Å². The average molecular weight is 296 g/mol. The molecule has 0 radical (unpaired) electrons. The molecule has 1 aromatic heterocycles. The van der Waals surface area contributed by atoms with E-state index in [1.807, 2.05) is 0 Å². The lowest BCUT2D eigenvalue weighted by molar-refractivity contribution is -0.0974. The molecule has 1 aromatic rings. The van der Waals surface area contributed by atoms with Gasteiger partial charge in [0.15, 0.2) is 6.29 Å². The number of methoxy groups -OCH3 is 2. The fraction of sp³-hybridized carbons (Fsp3) is 0.571. The average Bonchev–Trinajstić information content (AvgIpc) is 3.01. The second-order valence-electron chi connectivity index (χ2n) is 4.57. The van der Waals surface area contributed by atoms with Crippen molar-refractivity contribution in [1.82, 2.24) is 10.3 Å². The molecule has 1 atom stereocenters. The number of nitrogens with one attached hydrogen (secondary N) is 1. The first-order valence-corrected chi connectivity index (χ1v) is 6.77. The van der Waals surface area contributed by atoms with Crippen LogP contribution in [0.25, 0.3) is 0 Å². The lowest BCUT2D eigenvalue weighted by atomic mass is 10.2. The number of aromatic nitrogens is 1. The molecule has 2 rings (SSSR count). The molecule has 2 heterocycles. The second kappa shape index (κ2) is 7.92. The molecule has 1 saturated heterocycles. The summed E-state index contributed by atoms with van der Waals surface area (Å²) in [7, 11) is 3.03. The van der Waals surface area contributed by atoms with Gasteiger partial charge in [0.2, 0.25) is 5.88 Å². The van der Waals surface area contributed by atoms with Gasteiger partial charge in [-0.3, -0.25) is 4.79 Å². The first-order valence-electron chi connectivity index (χ1n) is 6.77. The summed E-state index contributed by atoms with van der Waals surface area (Å²) in [4.78, 5) is 16.3. The maximum atomic E-state index is 12.2. The number of rotatable bonds is 7. The lowest BCUT2D eigenvalue weighted by Crippen LogP contribution is -2.34. The fourth-order valence-corrected chi connectivity index (χ4v) is 1.96. The molecule has 0 aromatic carbocycles. The van der Waals surface area contributed by atoms with Crippen LogP contribution in [0.1, 0.15) is 16.8 Å². The zero-order chi connectivity index (χ0) is 15.1. The van der Waals surface area contributed by atoms with Crippen LogP contribution in [0.3, 0.4) is 0 Å². The zero-order valence-electron chi connectivity index (χ0n) is 12.2. The van der Waals surface area contributed by atoms with Gasteiger partial charge in [0.05, 0.1) is 19.8 Å². The maximum absolute atomic E-state index is 12.2. The molecule has 0 saturated carbocycles. The number of nitrogens with zero attached hydrogens (tertiary/aromatic N) is 1. The molecule has 1 aliphatic rings. The van der Waals surface area contributed by atoms with E-state index in [1.165, 1.54) is 14.2 Å². The van der Waals surface area contributed by atoms with Crippen molar-refractivity contribution in [2.45, 2.75) is 18.8 Å². The molecule has 116 valence electrons. The van der Waals surface area contributed by atoms with Crippen molar-refractivity contribution in [2.75, 3.05) is 34.0 Å². The largest absolute Gasteiger partial charge is 0.471 e. The Hall–Kier alpha value is -1.70. The molecule has 1 aliphatic heterocycles. The molecular weight excluding hydrogens is 276 g/mol. The van der Waals surface area contributed by atoms with E-state index in [-0.39, 0.29) is 18.6 Å². The molecule has 1 fully saturated rings. The molecule has 0 bridgehead atoms. The first kappa shape index (κ1) is 15.7. The number of carbonyl (C=O) groups excluding carboxylic acids is 1. The van der Waals surface area contributed by atoms with E-state index in [0.717, 1.165) is 6.42 Å². The Morgan fingerprint density at radius 3 is 3.00 bits per heavy atom. The van der Waals surface area contributed by atoms with Gasteiger partial charge in [-0.2, -0.15) is 0 Å². The summed E-state index contributed by atoms with van der Waals surface area (Å²) in [5, 5.41) is 2.73. The quantitative estimate of drug-likeness (QED) is 0.742. The van der Waals surface area contributed by atoms with Gasteiger partial charge >= 0.3 is 0 Å². The first-order chi connectivity index (χ1) is 10.2. The molecule has 1 amide bonds. The van der Waals surface area contributed by atoms with Gasteiger partial charge in [0.25, 0.3) is 5.91 Å². The van der Waals surface area contributed by atoms with Crippen LogP contribution in [-0.2, 0) is 14.2 Å². The highest BCUT2D eigenvalue weighted by atomic mass is 16.7. The van der Waals surface area contributed by atoms with Crippen molar-refractivity contribution in [1.29, 1.82) is 0 Å². The van der Waals surface area contributed by atoms with E-state index in [4.69, 9.17) is 18.9 Å². The Kier molecular flexibility index (Phi) is 5.91. The standard InChI is InChI=1S/C14H20N2O5/c1-18-12(19-2)8-16-13(17)11-4-3-6-15-14(11)21-10-5-7-20-9-10/h3-4,6,10,12H,5,7-9H2,1-2H3,(H,16,17)/t10-/m0/s1. The lowest BCUT2D eigenvalue weighted by Gasteiger charge is -2.16. The van der Waals surface area contributed by atoms with Crippen molar-refractivity contribution in [3.05, 3.63) is 23.9 Å². The smallest absolute Gasteiger partial charge is 0.256 e. The van der Waals surface area contributed by atoms with Crippen LogP contribution in [0.15, 0.2) is 18.3 Å². The normalized spacial score (nSPS) is 18.0. The van der Waals surface area contributed by atoms with E-state index >= 15 is 0 Å². The van der Waals surface area contributed by atoms with Crippen molar-refractivity contribution in [2.24, 2.45) is 0 Å². The Labute approximate surface area is 123 Å². The van der Waals surface area contributed by atoms with Crippen LogP contribution >= 0.6 is 0 Å². The van der Waals surface area contributed by atoms with Gasteiger partial charge in [-0.15, -0.1) is 0 Å². The summed E-state index contributed by atoms with van der Waals surface area (Å²) in [6.45, 7) is 1.43. The topological polar surface area (TPSA) is 78.9 Å². The second-order valence-corrected chi connectivity index (χ2v) is 4.57. The van der Waals surface area contributed by atoms with Crippen molar-refractivity contribution >= 4 is 5.91 Å². The van der Waals surface area contributed by atoms with E-state index in [9.17, 15) is 4.79 Å². The summed E-state index contributed by atoms with van der Waals surface area (Å²) < 4.78 is 21.0. The van der Waals surface area contributed by atoms with Crippen molar-refractivity contribution < 1.29 is 23.7 Å². The predicted octanol–water partition coefficient (Wildman–Crippen LogP) is 0.598. The number of pyridine rings is 1. The van der Waals surface area contributed by atoms with Crippen molar-refractivity contribution in [3.8, 4) is 5.88 Å². The number of amides is 1. The summed E-state index contributed by atoms with van der Waals surface area (Å²) in [5.74, 6) is 0.0352. The van der Waals surface area contributed by atoms with Crippen LogP contribution in [0.5, 0.6) is 5.88 Å². The Balaban J connectivity index is 1.99. The third kappa shape index (κ3) is 4.38. The van der Waals surface area contributed by atoms with Crippen LogP contribution in [0.4, 0.5) is 0 Å². The molecule has 7 heteroatoms. The fourth-order valence-electron chi connectivity index (χ4n) is 1.96. The number of carbonyl (C=O) groups is 1. The number of ether oxygens (including phenoxy) is 4. The zero-order valence-corrected chi connectivity index (χ0v) is 12.2. The highest BCUT2D eigenvalue weighted by Gasteiger charge is 2.21. The molecule has 7 nitrogen and oxygen atoms in total. The van der Waals surface area contributed by atoms with E-state index in [0.29, 0.717) is 24.7 Å². The van der Waals surface area contributed by atoms with Gasteiger partial charge in [-0.05, 0) is 12.1 Å². The summed E-state index contributed by atoms with van der Waals surface area (Å²) in [6, 6.07) is 3.36.